The highest BCUT2D eigenvalue weighted by molar-refractivity contribution is 5.77. The maximum atomic E-state index is 7.27. The summed E-state index contributed by atoms with van der Waals surface area (Å²) in [5, 5.41) is 7.27. The molecule has 82 valence electrons. The lowest BCUT2D eigenvalue weighted by atomic mass is 9.93. The van der Waals surface area contributed by atoms with Gasteiger partial charge in [0.05, 0.1) is 5.84 Å². The van der Waals surface area contributed by atoms with Crippen molar-refractivity contribution in [1.29, 1.82) is 5.41 Å². The zero-order valence-electron chi connectivity index (χ0n) is 9.42. The highest BCUT2D eigenvalue weighted by Gasteiger charge is 2.21. The number of likely N-dealkylation sites (tertiary alicyclic amines) is 1. The molecule has 3 heteroatoms. The Morgan fingerprint density at radius 2 is 2.07 bits per heavy atom. The first-order chi connectivity index (χ1) is 6.63. The van der Waals surface area contributed by atoms with E-state index in [-0.39, 0.29) is 0 Å². The van der Waals surface area contributed by atoms with Crippen molar-refractivity contribution in [3.05, 3.63) is 0 Å². The molecule has 1 unspecified atom stereocenters. The molecule has 1 heterocycles. The highest BCUT2D eigenvalue weighted by atomic mass is 15.2. The number of nitrogens with one attached hydrogen (secondary N) is 1. The average Bonchev–Trinajstić information content (AvgIpc) is 2.17. The molecule has 0 bridgehead atoms. The molecule has 0 aromatic heterocycles. The third-order valence-corrected chi connectivity index (χ3v) is 3.37. The van der Waals surface area contributed by atoms with Crippen LogP contribution in [0.15, 0.2) is 0 Å². The van der Waals surface area contributed by atoms with Gasteiger partial charge in [0.1, 0.15) is 0 Å². The second kappa shape index (κ2) is 5.35. The lowest BCUT2D eigenvalue weighted by Crippen LogP contribution is -2.41. The fraction of sp³-hybridized carbons (Fsp3) is 0.909. The minimum absolute atomic E-state index is 0.315. The first-order valence-corrected chi connectivity index (χ1v) is 5.70. The number of piperidine rings is 1. The predicted molar refractivity (Wildman–Crippen MR) is 60.6 cm³/mol. The number of hydrogen-bond acceptors (Lipinski definition) is 2. The van der Waals surface area contributed by atoms with Crippen LogP contribution in [-0.2, 0) is 0 Å². The Hall–Kier alpha value is -0.570. The van der Waals surface area contributed by atoms with Gasteiger partial charge in [-0.2, -0.15) is 0 Å². The average molecular weight is 197 g/mol. The van der Waals surface area contributed by atoms with Gasteiger partial charge in [0.25, 0.3) is 0 Å². The molecule has 3 N–H and O–H groups in total. The van der Waals surface area contributed by atoms with E-state index in [1.54, 1.807) is 0 Å². The van der Waals surface area contributed by atoms with Crippen LogP contribution in [0.25, 0.3) is 0 Å². The van der Waals surface area contributed by atoms with Gasteiger partial charge in [-0.1, -0.05) is 13.3 Å². The van der Waals surface area contributed by atoms with Crippen LogP contribution in [-0.4, -0.2) is 29.9 Å². The summed E-state index contributed by atoms with van der Waals surface area (Å²) in [6.07, 6.45) is 4.67. The van der Waals surface area contributed by atoms with Crippen LogP contribution in [0.2, 0.25) is 0 Å². The summed E-state index contributed by atoms with van der Waals surface area (Å²) in [5.74, 6) is 1.24. The number of rotatable bonds is 4. The van der Waals surface area contributed by atoms with E-state index in [0.29, 0.717) is 11.9 Å². The predicted octanol–water partition coefficient (Wildman–Crippen LogP) is 1.82. The van der Waals surface area contributed by atoms with Gasteiger partial charge in [0, 0.05) is 12.5 Å². The molecular weight excluding hydrogens is 174 g/mol. The van der Waals surface area contributed by atoms with E-state index >= 15 is 0 Å². The van der Waals surface area contributed by atoms with E-state index in [4.69, 9.17) is 11.1 Å². The van der Waals surface area contributed by atoms with Crippen molar-refractivity contribution < 1.29 is 0 Å². The fourth-order valence-corrected chi connectivity index (χ4v) is 2.25. The minimum atomic E-state index is 0.315. The molecular formula is C11H23N3. The van der Waals surface area contributed by atoms with Crippen molar-refractivity contribution in [2.45, 2.75) is 45.6 Å². The van der Waals surface area contributed by atoms with Gasteiger partial charge >= 0.3 is 0 Å². The van der Waals surface area contributed by atoms with Crippen LogP contribution >= 0.6 is 0 Å². The number of nitrogens with two attached hydrogens (primary N) is 1. The second-order valence-electron chi connectivity index (χ2n) is 4.47. The molecule has 1 atom stereocenters. The van der Waals surface area contributed by atoms with E-state index in [1.165, 1.54) is 32.4 Å². The summed E-state index contributed by atoms with van der Waals surface area (Å²) in [6.45, 7) is 6.83. The zero-order chi connectivity index (χ0) is 10.6. The molecule has 1 aliphatic heterocycles. The summed E-state index contributed by atoms with van der Waals surface area (Å²) >= 11 is 0. The van der Waals surface area contributed by atoms with Gasteiger partial charge in [-0.3, -0.25) is 5.41 Å². The molecule has 14 heavy (non-hydrogen) atoms. The topological polar surface area (TPSA) is 53.1 Å². The number of hydrogen-bond donors (Lipinski definition) is 2. The fourth-order valence-electron chi connectivity index (χ4n) is 2.25. The largest absolute Gasteiger partial charge is 0.388 e. The van der Waals surface area contributed by atoms with Gasteiger partial charge in [-0.15, -0.1) is 0 Å². The van der Waals surface area contributed by atoms with Gasteiger partial charge < -0.3 is 10.6 Å². The van der Waals surface area contributed by atoms with Crippen LogP contribution in [0.5, 0.6) is 0 Å². The van der Waals surface area contributed by atoms with Crippen molar-refractivity contribution in [2.24, 2.45) is 11.7 Å². The first kappa shape index (κ1) is 11.5. The third kappa shape index (κ3) is 3.29. The van der Waals surface area contributed by atoms with Crippen molar-refractivity contribution in [1.82, 2.24) is 4.90 Å². The van der Waals surface area contributed by atoms with Crippen LogP contribution < -0.4 is 5.73 Å². The van der Waals surface area contributed by atoms with E-state index in [1.807, 2.05) is 0 Å². The maximum absolute atomic E-state index is 7.27. The molecule has 0 radical (unpaired) electrons. The van der Waals surface area contributed by atoms with Crippen LogP contribution in [0.1, 0.15) is 39.5 Å². The Morgan fingerprint density at radius 1 is 1.50 bits per heavy atom. The van der Waals surface area contributed by atoms with Crippen molar-refractivity contribution in [3.63, 3.8) is 0 Å². The van der Waals surface area contributed by atoms with E-state index in [2.05, 4.69) is 18.7 Å². The third-order valence-electron chi connectivity index (χ3n) is 3.37. The van der Waals surface area contributed by atoms with E-state index < -0.39 is 0 Å². The summed E-state index contributed by atoms with van der Waals surface area (Å²) in [6, 6.07) is 0.449. The molecule has 0 saturated carbocycles. The van der Waals surface area contributed by atoms with Crippen LogP contribution in [0, 0.1) is 11.3 Å². The lowest BCUT2D eigenvalue weighted by Gasteiger charge is -2.35. The Bertz CT molecular complexity index is 183. The normalized spacial score (nSPS) is 22.1. The standard InChI is InChI=1S/C11H23N3/c1-3-10-4-6-14(7-5-10)9(2)8-11(12)13/h9-10H,3-8H2,1-2H3,(H3,12,13). The zero-order valence-corrected chi connectivity index (χ0v) is 9.42. The summed E-state index contributed by atoms with van der Waals surface area (Å²) in [5.41, 5.74) is 5.41. The SMILES string of the molecule is CCC1CCN(C(C)CC(=N)N)CC1. The first-order valence-electron chi connectivity index (χ1n) is 5.70. The molecule has 1 fully saturated rings. The van der Waals surface area contributed by atoms with E-state index in [0.717, 1.165) is 12.3 Å². The van der Waals surface area contributed by atoms with Crippen molar-refractivity contribution in [2.75, 3.05) is 13.1 Å². The van der Waals surface area contributed by atoms with E-state index in [9.17, 15) is 0 Å². The Labute approximate surface area is 87.2 Å². The van der Waals surface area contributed by atoms with Gasteiger partial charge in [0.2, 0.25) is 0 Å². The number of amidine groups is 1. The van der Waals surface area contributed by atoms with Crippen LogP contribution in [0.4, 0.5) is 0 Å². The molecule has 1 rings (SSSR count). The molecule has 0 aromatic carbocycles. The Balaban J connectivity index is 2.30. The van der Waals surface area contributed by atoms with Crippen molar-refractivity contribution in [3.8, 4) is 0 Å². The van der Waals surface area contributed by atoms with Crippen LogP contribution in [0.3, 0.4) is 0 Å². The summed E-state index contributed by atoms with van der Waals surface area (Å²) in [4.78, 5) is 2.47. The highest BCUT2D eigenvalue weighted by Crippen LogP contribution is 2.21. The molecule has 0 aliphatic carbocycles. The molecule has 0 spiro atoms. The molecule has 0 amide bonds. The second-order valence-corrected chi connectivity index (χ2v) is 4.47. The molecule has 3 nitrogen and oxygen atoms in total. The minimum Gasteiger partial charge on any atom is -0.388 e. The van der Waals surface area contributed by atoms with Gasteiger partial charge in [0.15, 0.2) is 0 Å². The monoisotopic (exact) mass is 197 g/mol. The smallest absolute Gasteiger partial charge is 0.0920 e. The maximum Gasteiger partial charge on any atom is 0.0920 e. The van der Waals surface area contributed by atoms with Crippen molar-refractivity contribution >= 4 is 5.84 Å². The summed E-state index contributed by atoms with van der Waals surface area (Å²) < 4.78 is 0. The molecule has 1 aliphatic rings. The number of nitrogens with zero attached hydrogens (tertiary/aromatic N) is 1. The Morgan fingerprint density at radius 3 is 2.50 bits per heavy atom. The Kier molecular flexibility index (Phi) is 4.39. The molecule has 0 aromatic rings. The van der Waals surface area contributed by atoms with Gasteiger partial charge in [-0.05, 0) is 38.8 Å². The molecule has 1 saturated heterocycles. The lowest BCUT2D eigenvalue weighted by molar-refractivity contribution is 0.142. The summed E-state index contributed by atoms with van der Waals surface area (Å²) in [7, 11) is 0. The quantitative estimate of drug-likeness (QED) is 0.533. The van der Waals surface area contributed by atoms with Gasteiger partial charge in [-0.25, -0.2) is 0 Å².